The third kappa shape index (κ3) is 1.53. The van der Waals surface area contributed by atoms with Crippen LogP contribution in [0.25, 0.3) is 11.0 Å². The van der Waals surface area contributed by atoms with E-state index in [2.05, 4.69) is 15.0 Å². The summed E-state index contributed by atoms with van der Waals surface area (Å²) in [6.45, 7) is 0. The Hall–Kier alpha value is -1.66. The Kier molecular flexibility index (Phi) is 2.29. The highest BCUT2D eigenvalue weighted by molar-refractivity contribution is 6.34. The molecule has 2 aromatic rings. The smallest absolute Gasteiger partial charge is 0.325 e. The van der Waals surface area contributed by atoms with E-state index >= 15 is 0 Å². The van der Waals surface area contributed by atoms with Gasteiger partial charge in [0.25, 0.3) is 0 Å². The molecular weight excluding hydrogens is 220 g/mol. The predicted molar refractivity (Wildman–Crippen MR) is 53.5 cm³/mol. The summed E-state index contributed by atoms with van der Waals surface area (Å²) in [6.07, 6.45) is 2.77. The van der Waals surface area contributed by atoms with Crippen molar-refractivity contribution in [2.24, 2.45) is 5.73 Å². The number of nitrogens with two attached hydrogens (primary N) is 1. The summed E-state index contributed by atoms with van der Waals surface area (Å²) < 4.78 is 0. The van der Waals surface area contributed by atoms with Crippen LogP contribution < -0.4 is 5.73 Å². The Morgan fingerprint density at radius 2 is 2.33 bits per heavy atom. The van der Waals surface area contributed by atoms with Gasteiger partial charge in [0.1, 0.15) is 23.2 Å². The topological polar surface area (TPSA) is 105 Å². The van der Waals surface area contributed by atoms with Gasteiger partial charge in [0.05, 0.1) is 5.39 Å². The maximum absolute atomic E-state index is 10.7. The number of aromatic amines is 1. The van der Waals surface area contributed by atoms with Crippen molar-refractivity contribution in [3.63, 3.8) is 0 Å². The molecule has 0 spiro atoms. The fourth-order valence-electron chi connectivity index (χ4n) is 1.33. The number of H-pyrrole nitrogens is 1. The second-order valence-electron chi connectivity index (χ2n) is 2.95. The predicted octanol–water partition coefficient (Wildman–Crippen LogP) is 0.696. The number of nitrogens with zero attached hydrogens (tertiary/aromatic N) is 2. The van der Waals surface area contributed by atoms with Crippen LogP contribution in [0.5, 0.6) is 0 Å². The van der Waals surface area contributed by atoms with Crippen LogP contribution in [0.1, 0.15) is 11.6 Å². The van der Waals surface area contributed by atoms with Crippen molar-refractivity contribution in [1.82, 2.24) is 15.0 Å². The highest BCUT2D eigenvalue weighted by atomic mass is 35.5. The first kappa shape index (κ1) is 9.88. The van der Waals surface area contributed by atoms with Crippen LogP contribution in [-0.2, 0) is 4.79 Å². The number of fused-ring (bicyclic) bond motifs is 1. The van der Waals surface area contributed by atoms with Gasteiger partial charge in [-0.2, -0.15) is 0 Å². The standard InChI is InChI=1S/C8H7ClN4O2/c9-6-4-3(5(10)8(14)15)1-11-7(4)13-2-12-6/h1-2,5H,10H2,(H,14,15)(H,11,12,13). The van der Waals surface area contributed by atoms with E-state index in [9.17, 15) is 4.79 Å². The van der Waals surface area contributed by atoms with E-state index in [1.165, 1.54) is 12.5 Å². The molecule has 7 heteroatoms. The van der Waals surface area contributed by atoms with Crippen molar-refractivity contribution in [2.75, 3.05) is 0 Å². The zero-order valence-electron chi connectivity index (χ0n) is 7.44. The lowest BCUT2D eigenvalue weighted by molar-refractivity contribution is -0.138. The SMILES string of the molecule is NC(C(=O)O)c1c[nH]c2ncnc(Cl)c12. The number of rotatable bonds is 2. The van der Waals surface area contributed by atoms with E-state index in [0.717, 1.165) is 0 Å². The number of hydrogen-bond donors (Lipinski definition) is 3. The second-order valence-corrected chi connectivity index (χ2v) is 3.31. The molecule has 6 nitrogen and oxygen atoms in total. The van der Waals surface area contributed by atoms with Gasteiger partial charge >= 0.3 is 5.97 Å². The van der Waals surface area contributed by atoms with Crippen LogP contribution in [0.3, 0.4) is 0 Å². The molecule has 0 bridgehead atoms. The molecule has 0 saturated carbocycles. The Morgan fingerprint density at radius 3 is 3.00 bits per heavy atom. The number of nitrogens with one attached hydrogen (secondary N) is 1. The van der Waals surface area contributed by atoms with Gasteiger partial charge in [-0.05, 0) is 0 Å². The molecule has 1 atom stereocenters. The minimum atomic E-state index is -1.14. The average molecular weight is 227 g/mol. The third-order valence-electron chi connectivity index (χ3n) is 2.06. The molecule has 0 fully saturated rings. The molecule has 15 heavy (non-hydrogen) atoms. The Labute approximate surface area is 89.1 Å². The molecule has 0 aliphatic heterocycles. The van der Waals surface area contributed by atoms with E-state index in [1.807, 2.05) is 0 Å². The average Bonchev–Trinajstić information content (AvgIpc) is 2.61. The van der Waals surface area contributed by atoms with Crippen molar-refractivity contribution in [1.29, 1.82) is 0 Å². The molecule has 0 radical (unpaired) electrons. The van der Waals surface area contributed by atoms with E-state index in [1.54, 1.807) is 0 Å². The van der Waals surface area contributed by atoms with Gasteiger partial charge in [0, 0.05) is 11.8 Å². The van der Waals surface area contributed by atoms with Crippen LogP contribution >= 0.6 is 11.6 Å². The van der Waals surface area contributed by atoms with E-state index in [-0.39, 0.29) is 5.15 Å². The molecule has 0 aliphatic rings. The number of carbonyl (C=O) groups is 1. The van der Waals surface area contributed by atoms with Crippen LogP contribution in [0.4, 0.5) is 0 Å². The first-order valence-electron chi connectivity index (χ1n) is 4.07. The molecule has 0 aliphatic carbocycles. The van der Waals surface area contributed by atoms with Crippen molar-refractivity contribution in [3.05, 3.63) is 23.2 Å². The first-order valence-corrected chi connectivity index (χ1v) is 4.45. The number of aliphatic carboxylic acids is 1. The maximum atomic E-state index is 10.7. The van der Waals surface area contributed by atoms with Crippen molar-refractivity contribution >= 4 is 28.6 Å². The van der Waals surface area contributed by atoms with Gasteiger partial charge in [0.15, 0.2) is 0 Å². The van der Waals surface area contributed by atoms with Crippen LogP contribution in [0, 0.1) is 0 Å². The molecule has 2 heterocycles. The summed E-state index contributed by atoms with van der Waals surface area (Å²) in [7, 11) is 0. The van der Waals surface area contributed by atoms with Gasteiger partial charge in [-0.15, -0.1) is 0 Å². The van der Waals surface area contributed by atoms with Gasteiger partial charge in [-0.25, -0.2) is 9.97 Å². The van der Waals surface area contributed by atoms with Crippen molar-refractivity contribution < 1.29 is 9.90 Å². The fourth-order valence-corrected chi connectivity index (χ4v) is 1.57. The molecule has 0 saturated heterocycles. The first-order chi connectivity index (χ1) is 7.11. The highest BCUT2D eigenvalue weighted by Gasteiger charge is 2.20. The summed E-state index contributed by atoms with van der Waals surface area (Å²) in [5, 5.41) is 9.42. The molecule has 2 aromatic heterocycles. The van der Waals surface area contributed by atoms with Gasteiger partial charge < -0.3 is 15.8 Å². The van der Waals surface area contributed by atoms with Crippen molar-refractivity contribution in [3.8, 4) is 0 Å². The van der Waals surface area contributed by atoms with Gasteiger partial charge in [-0.1, -0.05) is 11.6 Å². The lowest BCUT2D eigenvalue weighted by Gasteiger charge is -2.04. The lowest BCUT2D eigenvalue weighted by atomic mass is 10.1. The van der Waals surface area contributed by atoms with Crippen LogP contribution in [0.2, 0.25) is 5.15 Å². The largest absolute Gasteiger partial charge is 0.480 e. The van der Waals surface area contributed by atoms with Gasteiger partial charge in [-0.3, -0.25) is 4.79 Å². The summed E-state index contributed by atoms with van der Waals surface area (Å²) in [6, 6.07) is -1.14. The Balaban J connectivity index is 2.67. The quantitative estimate of drug-likeness (QED) is 0.654. The summed E-state index contributed by atoms with van der Waals surface area (Å²) in [5.41, 5.74) is 6.34. The summed E-state index contributed by atoms with van der Waals surface area (Å²) in [5.74, 6) is -1.13. The number of halogens is 1. The molecule has 4 N–H and O–H groups in total. The molecular formula is C8H7ClN4O2. The minimum absolute atomic E-state index is 0.188. The number of hydrogen-bond acceptors (Lipinski definition) is 4. The molecule has 2 rings (SSSR count). The summed E-state index contributed by atoms with van der Waals surface area (Å²) in [4.78, 5) is 21.2. The number of aromatic nitrogens is 3. The number of carboxylic acid groups (broad SMARTS) is 1. The minimum Gasteiger partial charge on any atom is -0.480 e. The molecule has 0 aromatic carbocycles. The molecule has 78 valence electrons. The highest BCUT2D eigenvalue weighted by Crippen LogP contribution is 2.26. The summed E-state index contributed by atoms with van der Waals surface area (Å²) >= 11 is 5.83. The zero-order valence-corrected chi connectivity index (χ0v) is 8.19. The maximum Gasteiger partial charge on any atom is 0.325 e. The van der Waals surface area contributed by atoms with E-state index in [4.69, 9.17) is 22.4 Å². The van der Waals surface area contributed by atoms with Crippen LogP contribution in [-0.4, -0.2) is 26.0 Å². The van der Waals surface area contributed by atoms with Gasteiger partial charge in [0.2, 0.25) is 0 Å². The third-order valence-corrected chi connectivity index (χ3v) is 2.34. The lowest BCUT2D eigenvalue weighted by Crippen LogP contribution is -2.20. The Bertz CT molecular complexity index is 524. The monoisotopic (exact) mass is 226 g/mol. The zero-order chi connectivity index (χ0) is 11.0. The second kappa shape index (κ2) is 3.48. The van der Waals surface area contributed by atoms with Crippen molar-refractivity contribution in [2.45, 2.75) is 6.04 Å². The molecule has 1 unspecified atom stereocenters. The van der Waals surface area contributed by atoms with E-state index in [0.29, 0.717) is 16.6 Å². The van der Waals surface area contributed by atoms with E-state index < -0.39 is 12.0 Å². The normalized spacial score (nSPS) is 12.9. The Morgan fingerprint density at radius 1 is 1.60 bits per heavy atom. The molecule has 0 amide bonds. The van der Waals surface area contributed by atoms with Crippen LogP contribution in [0.15, 0.2) is 12.5 Å². The number of carboxylic acids is 1. The fraction of sp³-hybridized carbons (Fsp3) is 0.125.